The summed E-state index contributed by atoms with van der Waals surface area (Å²) >= 11 is 3.56. The van der Waals surface area contributed by atoms with Gasteiger partial charge in [-0.25, -0.2) is 0 Å². The molecular formula is C15H23BrN2O. The van der Waals surface area contributed by atoms with E-state index in [1.807, 2.05) is 0 Å². The van der Waals surface area contributed by atoms with Gasteiger partial charge in [-0.3, -0.25) is 4.90 Å². The molecule has 2 atom stereocenters. The summed E-state index contributed by atoms with van der Waals surface area (Å²) in [6.07, 6.45) is 1.25. The van der Waals surface area contributed by atoms with Gasteiger partial charge < -0.3 is 10.5 Å². The second kappa shape index (κ2) is 6.84. The molecule has 1 aromatic rings. The van der Waals surface area contributed by atoms with Crippen molar-refractivity contribution in [2.24, 2.45) is 5.73 Å². The van der Waals surface area contributed by atoms with E-state index >= 15 is 0 Å². The first-order valence-corrected chi connectivity index (χ1v) is 7.78. The lowest BCUT2D eigenvalue weighted by Gasteiger charge is -2.41. The first-order chi connectivity index (χ1) is 9.17. The van der Waals surface area contributed by atoms with Crippen molar-refractivity contribution in [3.63, 3.8) is 0 Å². The number of hydrogen-bond donors (Lipinski definition) is 1. The maximum absolute atomic E-state index is 5.90. The van der Waals surface area contributed by atoms with Crippen LogP contribution in [0.5, 0.6) is 0 Å². The Bertz CT molecular complexity index is 423. The van der Waals surface area contributed by atoms with Crippen LogP contribution in [0.1, 0.15) is 30.5 Å². The summed E-state index contributed by atoms with van der Waals surface area (Å²) in [5.74, 6) is 0. The molecule has 2 unspecified atom stereocenters. The first kappa shape index (κ1) is 15.0. The van der Waals surface area contributed by atoms with Crippen LogP contribution in [-0.2, 0) is 4.74 Å². The SMILES string of the molecule is CCCN1CCOC(CN)C1c1ccc(Br)c(C)c1. The summed E-state index contributed by atoms with van der Waals surface area (Å²) in [5.41, 5.74) is 8.47. The van der Waals surface area contributed by atoms with Crippen molar-refractivity contribution in [3.05, 3.63) is 33.8 Å². The van der Waals surface area contributed by atoms with E-state index in [-0.39, 0.29) is 12.1 Å². The Morgan fingerprint density at radius 3 is 2.89 bits per heavy atom. The Balaban J connectivity index is 2.30. The van der Waals surface area contributed by atoms with Gasteiger partial charge in [-0.2, -0.15) is 0 Å². The molecule has 0 aromatic heterocycles. The molecule has 0 spiro atoms. The minimum atomic E-state index is 0.0980. The van der Waals surface area contributed by atoms with Crippen LogP contribution in [0.3, 0.4) is 0 Å². The second-order valence-electron chi connectivity index (χ2n) is 5.13. The van der Waals surface area contributed by atoms with Crippen molar-refractivity contribution >= 4 is 15.9 Å². The lowest BCUT2D eigenvalue weighted by molar-refractivity contribution is -0.0676. The maximum Gasteiger partial charge on any atom is 0.0894 e. The molecule has 2 rings (SSSR count). The van der Waals surface area contributed by atoms with Gasteiger partial charge in [0.2, 0.25) is 0 Å². The van der Waals surface area contributed by atoms with Crippen LogP contribution in [0.2, 0.25) is 0 Å². The fraction of sp³-hybridized carbons (Fsp3) is 0.600. The fourth-order valence-electron chi connectivity index (χ4n) is 2.80. The Morgan fingerprint density at radius 1 is 1.47 bits per heavy atom. The van der Waals surface area contributed by atoms with Crippen LogP contribution in [0.4, 0.5) is 0 Å². The zero-order valence-electron chi connectivity index (χ0n) is 11.7. The van der Waals surface area contributed by atoms with Crippen molar-refractivity contribution in [2.75, 3.05) is 26.2 Å². The predicted octanol–water partition coefficient (Wildman–Crippen LogP) is 2.87. The maximum atomic E-state index is 5.90. The number of aryl methyl sites for hydroxylation is 1. The third kappa shape index (κ3) is 3.37. The van der Waals surface area contributed by atoms with E-state index in [0.29, 0.717) is 6.54 Å². The molecule has 0 saturated carbocycles. The van der Waals surface area contributed by atoms with Gasteiger partial charge in [0.05, 0.1) is 18.8 Å². The van der Waals surface area contributed by atoms with E-state index in [4.69, 9.17) is 10.5 Å². The van der Waals surface area contributed by atoms with Crippen molar-refractivity contribution in [1.29, 1.82) is 0 Å². The van der Waals surface area contributed by atoms with Crippen LogP contribution in [0.25, 0.3) is 0 Å². The number of nitrogens with zero attached hydrogens (tertiary/aromatic N) is 1. The molecule has 0 radical (unpaired) electrons. The Labute approximate surface area is 124 Å². The molecule has 3 nitrogen and oxygen atoms in total. The second-order valence-corrected chi connectivity index (χ2v) is 5.99. The molecule has 1 aliphatic rings. The van der Waals surface area contributed by atoms with E-state index in [2.05, 4.69) is 52.9 Å². The van der Waals surface area contributed by atoms with Gasteiger partial charge in [-0.15, -0.1) is 0 Å². The van der Waals surface area contributed by atoms with Gasteiger partial charge in [0, 0.05) is 17.6 Å². The van der Waals surface area contributed by atoms with Crippen molar-refractivity contribution in [2.45, 2.75) is 32.4 Å². The molecule has 1 fully saturated rings. The van der Waals surface area contributed by atoms with Gasteiger partial charge >= 0.3 is 0 Å². The Kier molecular flexibility index (Phi) is 5.39. The van der Waals surface area contributed by atoms with Gasteiger partial charge in [0.25, 0.3) is 0 Å². The molecular weight excluding hydrogens is 304 g/mol. The summed E-state index contributed by atoms with van der Waals surface area (Å²) in [5, 5.41) is 0. The van der Waals surface area contributed by atoms with Gasteiger partial charge in [0.1, 0.15) is 0 Å². The monoisotopic (exact) mass is 326 g/mol. The van der Waals surface area contributed by atoms with Crippen LogP contribution in [-0.4, -0.2) is 37.2 Å². The quantitative estimate of drug-likeness (QED) is 0.924. The largest absolute Gasteiger partial charge is 0.374 e. The third-order valence-corrected chi connectivity index (χ3v) is 4.61. The smallest absolute Gasteiger partial charge is 0.0894 e. The van der Waals surface area contributed by atoms with Crippen LogP contribution < -0.4 is 5.73 Å². The van der Waals surface area contributed by atoms with Crippen LogP contribution in [0, 0.1) is 6.92 Å². The van der Waals surface area contributed by atoms with E-state index in [0.717, 1.165) is 30.6 Å². The molecule has 106 valence electrons. The lowest BCUT2D eigenvalue weighted by atomic mass is 9.96. The van der Waals surface area contributed by atoms with Crippen molar-refractivity contribution < 1.29 is 4.74 Å². The Hall–Kier alpha value is -0.420. The molecule has 1 aliphatic heterocycles. The highest BCUT2D eigenvalue weighted by atomic mass is 79.9. The highest BCUT2D eigenvalue weighted by Crippen LogP contribution is 2.31. The molecule has 1 aromatic carbocycles. The number of morpholine rings is 1. The zero-order valence-corrected chi connectivity index (χ0v) is 13.3. The van der Waals surface area contributed by atoms with Crippen molar-refractivity contribution in [1.82, 2.24) is 4.90 Å². The fourth-order valence-corrected chi connectivity index (χ4v) is 3.05. The minimum absolute atomic E-state index is 0.0980. The van der Waals surface area contributed by atoms with Gasteiger partial charge in [-0.05, 0) is 37.1 Å². The van der Waals surface area contributed by atoms with Gasteiger partial charge in [0.15, 0.2) is 0 Å². The van der Waals surface area contributed by atoms with E-state index in [9.17, 15) is 0 Å². The number of ether oxygens (including phenoxy) is 1. The summed E-state index contributed by atoms with van der Waals surface area (Å²) in [6.45, 7) is 7.79. The number of benzene rings is 1. The highest BCUT2D eigenvalue weighted by Gasteiger charge is 2.32. The molecule has 1 heterocycles. The average Bonchev–Trinajstić information content (AvgIpc) is 2.42. The number of nitrogens with two attached hydrogens (primary N) is 1. The number of rotatable bonds is 4. The number of hydrogen-bond acceptors (Lipinski definition) is 3. The van der Waals surface area contributed by atoms with E-state index < -0.39 is 0 Å². The Morgan fingerprint density at radius 2 is 2.26 bits per heavy atom. The normalized spacial score (nSPS) is 24.6. The molecule has 0 amide bonds. The average molecular weight is 327 g/mol. The van der Waals surface area contributed by atoms with Gasteiger partial charge in [-0.1, -0.05) is 35.0 Å². The molecule has 2 N–H and O–H groups in total. The predicted molar refractivity (Wildman–Crippen MR) is 82.3 cm³/mol. The summed E-state index contributed by atoms with van der Waals surface area (Å²) in [7, 11) is 0. The van der Waals surface area contributed by atoms with Crippen LogP contribution in [0.15, 0.2) is 22.7 Å². The molecule has 19 heavy (non-hydrogen) atoms. The molecule has 0 aliphatic carbocycles. The third-order valence-electron chi connectivity index (χ3n) is 3.72. The summed E-state index contributed by atoms with van der Waals surface area (Å²) < 4.78 is 7.01. The summed E-state index contributed by atoms with van der Waals surface area (Å²) in [4.78, 5) is 2.50. The number of halogens is 1. The molecule has 0 bridgehead atoms. The van der Waals surface area contributed by atoms with E-state index in [1.54, 1.807) is 0 Å². The molecule has 1 saturated heterocycles. The zero-order chi connectivity index (χ0) is 13.8. The minimum Gasteiger partial charge on any atom is -0.374 e. The summed E-state index contributed by atoms with van der Waals surface area (Å²) in [6, 6.07) is 6.83. The standard InChI is InChI=1S/C15H23BrN2O/c1-3-6-18-7-8-19-14(10-17)15(18)12-4-5-13(16)11(2)9-12/h4-5,9,14-15H,3,6-8,10,17H2,1-2H3. The topological polar surface area (TPSA) is 38.5 Å². The van der Waals surface area contributed by atoms with E-state index in [1.165, 1.54) is 11.1 Å². The first-order valence-electron chi connectivity index (χ1n) is 6.99. The molecule has 4 heteroatoms. The highest BCUT2D eigenvalue weighted by molar-refractivity contribution is 9.10. The van der Waals surface area contributed by atoms with Crippen LogP contribution >= 0.6 is 15.9 Å². The van der Waals surface area contributed by atoms with Crippen molar-refractivity contribution in [3.8, 4) is 0 Å². The lowest BCUT2D eigenvalue weighted by Crippen LogP contribution is -2.48.